The number of hydrogen-bond donors (Lipinski definition) is 0. The van der Waals surface area contributed by atoms with E-state index in [-0.39, 0.29) is 29.5 Å². The summed E-state index contributed by atoms with van der Waals surface area (Å²) in [6, 6.07) is 20.3. The van der Waals surface area contributed by atoms with Crippen molar-refractivity contribution in [2.45, 2.75) is 11.7 Å². The number of hydrogen-bond acceptors (Lipinski definition) is 4. The first-order valence-corrected chi connectivity index (χ1v) is 10.9. The van der Waals surface area contributed by atoms with E-state index in [0.29, 0.717) is 21.6 Å². The molecule has 30 heavy (non-hydrogen) atoms. The van der Waals surface area contributed by atoms with Gasteiger partial charge in [0, 0.05) is 10.0 Å². The molecule has 4 nitrogen and oxygen atoms in total. The maximum Gasteiger partial charge on any atom is 0.262 e. The molecule has 0 atom stereocenters. The molecule has 0 saturated heterocycles. The molecule has 4 aromatic rings. The van der Waals surface area contributed by atoms with Crippen molar-refractivity contribution in [3.63, 3.8) is 0 Å². The summed E-state index contributed by atoms with van der Waals surface area (Å²) in [6.45, 7) is 0.242. The molecule has 0 saturated carbocycles. The molecular formula is C23H16BrFN2O2S. The highest BCUT2D eigenvalue weighted by Crippen LogP contribution is 2.21. The monoisotopic (exact) mass is 482 g/mol. The number of aromatic nitrogens is 2. The average Bonchev–Trinajstić information content (AvgIpc) is 2.76. The van der Waals surface area contributed by atoms with Crippen LogP contribution >= 0.6 is 27.7 Å². The van der Waals surface area contributed by atoms with Crippen molar-refractivity contribution in [3.8, 4) is 0 Å². The average molecular weight is 483 g/mol. The van der Waals surface area contributed by atoms with Crippen LogP contribution in [0.5, 0.6) is 0 Å². The highest BCUT2D eigenvalue weighted by Gasteiger charge is 2.14. The van der Waals surface area contributed by atoms with Gasteiger partial charge >= 0.3 is 0 Å². The molecule has 0 N–H and O–H groups in total. The molecule has 4 rings (SSSR count). The van der Waals surface area contributed by atoms with Gasteiger partial charge in [0.15, 0.2) is 10.9 Å². The quantitative estimate of drug-likeness (QED) is 0.212. The van der Waals surface area contributed by atoms with E-state index in [1.165, 1.54) is 28.5 Å². The SMILES string of the molecule is O=C(CSc1nc2ccccc2c(=O)n1Cc1ccc(F)cc1)c1ccc(Br)cc1. The Labute approximate surface area is 184 Å². The van der Waals surface area contributed by atoms with Crippen molar-refractivity contribution in [2.24, 2.45) is 0 Å². The van der Waals surface area contributed by atoms with Crippen molar-refractivity contribution in [1.82, 2.24) is 9.55 Å². The number of halogens is 2. The fraction of sp³-hybridized carbons (Fsp3) is 0.0870. The second-order valence-corrected chi connectivity index (χ2v) is 8.51. The van der Waals surface area contributed by atoms with Gasteiger partial charge in [-0.25, -0.2) is 9.37 Å². The summed E-state index contributed by atoms with van der Waals surface area (Å²) in [5.41, 5.74) is 1.76. The molecule has 7 heteroatoms. The zero-order valence-corrected chi connectivity index (χ0v) is 18.1. The lowest BCUT2D eigenvalue weighted by molar-refractivity contribution is 0.102. The Morgan fingerprint density at radius 1 is 1.00 bits per heavy atom. The van der Waals surface area contributed by atoms with Crippen molar-refractivity contribution >= 4 is 44.4 Å². The molecule has 0 fully saturated rings. The number of ketones is 1. The number of benzene rings is 3. The summed E-state index contributed by atoms with van der Waals surface area (Å²) < 4.78 is 15.7. The summed E-state index contributed by atoms with van der Waals surface area (Å²) in [5, 5.41) is 0.955. The first-order chi connectivity index (χ1) is 14.5. The molecule has 3 aromatic carbocycles. The smallest absolute Gasteiger partial charge is 0.262 e. The van der Waals surface area contributed by atoms with Crippen molar-refractivity contribution < 1.29 is 9.18 Å². The number of para-hydroxylation sites is 1. The van der Waals surface area contributed by atoms with Crippen LogP contribution < -0.4 is 5.56 Å². The van der Waals surface area contributed by atoms with Gasteiger partial charge < -0.3 is 0 Å². The number of fused-ring (bicyclic) bond motifs is 1. The van der Waals surface area contributed by atoms with Crippen LogP contribution in [0.1, 0.15) is 15.9 Å². The standard InChI is InChI=1S/C23H16BrFN2O2S/c24-17-9-7-16(8-10-17)21(28)14-30-23-26-20-4-2-1-3-19(20)22(29)27(23)13-15-5-11-18(25)12-6-15/h1-12H,13-14H2. The lowest BCUT2D eigenvalue weighted by Crippen LogP contribution is -2.24. The number of rotatable bonds is 6. The fourth-order valence-corrected chi connectivity index (χ4v) is 4.18. The van der Waals surface area contributed by atoms with Gasteiger partial charge in [-0.3, -0.25) is 14.2 Å². The zero-order chi connectivity index (χ0) is 21.1. The van der Waals surface area contributed by atoms with Gasteiger partial charge in [-0.1, -0.05) is 64.1 Å². The molecule has 0 spiro atoms. The Bertz CT molecular complexity index is 1270. The summed E-state index contributed by atoms with van der Waals surface area (Å²) in [5.74, 6) is -0.240. The summed E-state index contributed by atoms with van der Waals surface area (Å²) in [6.07, 6.45) is 0. The first-order valence-electron chi connectivity index (χ1n) is 9.17. The molecule has 0 aliphatic heterocycles. The number of thioether (sulfide) groups is 1. The van der Waals surface area contributed by atoms with E-state index in [0.717, 1.165) is 10.0 Å². The topological polar surface area (TPSA) is 52.0 Å². The Morgan fingerprint density at radius 3 is 2.43 bits per heavy atom. The van der Waals surface area contributed by atoms with Gasteiger partial charge in [0.25, 0.3) is 5.56 Å². The number of carbonyl (C=O) groups excluding carboxylic acids is 1. The van der Waals surface area contributed by atoms with E-state index in [4.69, 9.17) is 0 Å². The maximum absolute atomic E-state index is 13.3. The van der Waals surface area contributed by atoms with Crippen molar-refractivity contribution in [1.29, 1.82) is 0 Å². The second kappa shape index (κ2) is 8.93. The predicted molar refractivity (Wildman–Crippen MR) is 121 cm³/mol. The van der Waals surface area contributed by atoms with Crippen LogP contribution in [0.25, 0.3) is 10.9 Å². The highest BCUT2D eigenvalue weighted by molar-refractivity contribution is 9.10. The van der Waals surface area contributed by atoms with Gasteiger partial charge in [0.1, 0.15) is 5.82 Å². The minimum absolute atomic E-state index is 0.0526. The predicted octanol–water partition coefficient (Wildman–Crippen LogP) is 5.32. The summed E-state index contributed by atoms with van der Waals surface area (Å²) in [4.78, 5) is 30.3. The normalized spacial score (nSPS) is 11.0. The first kappa shape index (κ1) is 20.5. The summed E-state index contributed by atoms with van der Waals surface area (Å²) >= 11 is 4.58. The minimum atomic E-state index is -0.336. The lowest BCUT2D eigenvalue weighted by Gasteiger charge is -2.13. The molecule has 0 amide bonds. The highest BCUT2D eigenvalue weighted by atomic mass is 79.9. The van der Waals surface area contributed by atoms with Crippen LogP contribution in [0.15, 0.2) is 87.2 Å². The minimum Gasteiger partial charge on any atom is -0.293 e. The van der Waals surface area contributed by atoms with E-state index in [9.17, 15) is 14.0 Å². The zero-order valence-electron chi connectivity index (χ0n) is 15.7. The van der Waals surface area contributed by atoms with Crippen molar-refractivity contribution in [3.05, 3.63) is 105 Å². The largest absolute Gasteiger partial charge is 0.293 e. The number of Topliss-reactive ketones (excluding diaryl/α,β-unsaturated/α-hetero) is 1. The number of nitrogens with zero attached hydrogens (tertiary/aromatic N) is 2. The van der Waals surface area contributed by atoms with E-state index in [2.05, 4.69) is 20.9 Å². The molecular weight excluding hydrogens is 467 g/mol. The molecule has 150 valence electrons. The van der Waals surface area contributed by atoms with Crippen LogP contribution in [0.2, 0.25) is 0 Å². The molecule has 0 unspecified atom stereocenters. The molecule has 1 aromatic heterocycles. The Balaban J connectivity index is 1.68. The van der Waals surface area contributed by atoms with Crippen LogP contribution in [0, 0.1) is 5.82 Å². The third kappa shape index (κ3) is 4.52. The molecule has 0 aliphatic carbocycles. The summed E-state index contributed by atoms with van der Waals surface area (Å²) in [7, 11) is 0. The van der Waals surface area contributed by atoms with Crippen molar-refractivity contribution in [2.75, 3.05) is 5.75 Å². The lowest BCUT2D eigenvalue weighted by atomic mass is 10.2. The van der Waals surface area contributed by atoms with E-state index < -0.39 is 0 Å². The molecule has 1 heterocycles. The van der Waals surface area contributed by atoms with Gasteiger partial charge in [-0.05, 0) is 42.0 Å². The van der Waals surface area contributed by atoms with Crippen LogP contribution in [-0.2, 0) is 6.54 Å². The Kier molecular flexibility index (Phi) is 6.11. The van der Waals surface area contributed by atoms with Crippen LogP contribution in [0.4, 0.5) is 4.39 Å². The fourth-order valence-electron chi connectivity index (χ4n) is 3.02. The Morgan fingerprint density at radius 2 is 1.70 bits per heavy atom. The van der Waals surface area contributed by atoms with Crippen LogP contribution in [-0.4, -0.2) is 21.1 Å². The van der Waals surface area contributed by atoms with Gasteiger partial charge in [0.05, 0.1) is 23.2 Å². The maximum atomic E-state index is 13.3. The third-order valence-electron chi connectivity index (χ3n) is 4.58. The molecule has 0 bridgehead atoms. The van der Waals surface area contributed by atoms with Crippen LogP contribution in [0.3, 0.4) is 0 Å². The third-order valence-corrected chi connectivity index (χ3v) is 6.08. The molecule has 0 aliphatic rings. The Hall–Kier alpha value is -2.77. The second-order valence-electron chi connectivity index (χ2n) is 6.65. The van der Waals surface area contributed by atoms with E-state index in [1.54, 1.807) is 42.5 Å². The molecule has 0 radical (unpaired) electrons. The van der Waals surface area contributed by atoms with E-state index >= 15 is 0 Å². The van der Waals surface area contributed by atoms with Gasteiger partial charge in [-0.2, -0.15) is 0 Å². The van der Waals surface area contributed by atoms with Gasteiger partial charge in [-0.15, -0.1) is 0 Å². The van der Waals surface area contributed by atoms with Gasteiger partial charge in [0.2, 0.25) is 0 Å². The number of carbonyl (C=O) groups is 1. The van der Waals surface area contributed by atoms with E-state index in [1.807, 2.05) is 18.2 Å².